The Bertz CT molecular complexity index is 531. The van der Waals surface area contributed by atoms with Crippen LogP contribution in [-0.2, 0) is 10.0 Å². The van der Waals surface area contributed by atoms with Gasteiger partial charge in [0.1, 0.15) is 4.90 Å². The summed E-state index contributed by atoms with van der Waals surface area (Å²) in [5.74, 6) is 0. The van der Waals surface area contributed by atoms with Gasteiger partial charge >= 0.3 is 6.03 Å². The molecule has 1 atom stereocenters. The highest BCUT2D eigenvalue weighted by Crippen LogP contribution is 2.19. The van der Waals surface area contributed by atoms with Gasteiger partial charge in [-0.15, -0.1) is 0 Å². The van der Waals surface area contributed by atoms with Gasteiger partial charge in [-0.1, -0.05) is 30.7 Å². The highest BCUT2D eigenvalue weighted by molar-refractivity contribution is 7.90. The average Bonchev–Trinajstić information content (AvgIpc) is 2.28. The molecule has 0 heterocycles. The van der Waals surface area contributed by atoms with Crippen molar-refractivity contribution in [3.8, 4) is 0 Å². The van der Waals surface area contributed by atoms with Crippen LogP contribution in [0, 0.1) is 0 Å². The smallest absolute Gasteiger partial charge is 0.328 e. The van der Waals surface area contributed by atoms with E-state index in [2.05, 4.69) is 5.32 Å². The summed E-state index contributed by atoms with van der Waals surface area (Å²) in [6.07, 6.45) is 0.708. The fourth-order valence-corrected chi connectivity index (χ4v) is 2.63. The number of carbonyl (C=O) groups excluding carboxylic acids is 1. The first kappa shape index (κ1) is 14.8. The first-order chi connectivity index (χ1) is 8.36. The van der Waals surface area contributed by atoms with Crippen LogP contribution in [0.2, 0.25) is 5.02 Å². The molecule has 1 rings (SSSR count). The quantitative estimate of drug-likeness (QED) is 0.892. The number of urea groups is 1. The Kier molecular flexibility index (Phi) is 4.98. The van der Waals surface area contributed by atoms with Crippen molar-refractivity contribution in [1.29, 1.82) is 0 Å². The summed E-state index contributed by atoms with van der Waals surface area (Å²) in [6.45, 7) is 3.66. The van der Waals surface area contributed by atoms with E-state index in [0.29, 0.717) is 6.42 Å². The van der Waals surface area contributed by atoms with Gasteiger partial charge in [0, 0.05) is 6.04 Å². The largest absolute Gasteiger partial charge is 0.335 e. The molecule has 0 unspecified atom stereocenters. The van der Waals surface area contributed by atoms with Crippen molar-refractivity contribution in [3.63, 3.8) is 0 Å². The molecule has 18 heavy (non-hydrogen) atoms. The number of carbonyl (C=O) groups is 1. The fraction of sp³-hybridized carbons (Fsp3) is 0.364. The molecule has 1 aromatic rings. The minimum Gasteiger partial charge on any atom is -0.335 e. The second-order valence-electron chi connectivity index (χ2n) is 3.82. The number of nitrogens with one attached hydrogen (secondary N) is 2. The van der Waals surface area contributed by atoms with Crippen LogP contribution < -0.4 is 10.0 Å². The third kappa shape index (κ3) is 3.89. The average molecular weight is 291 g/mol. The summed E-state index contributed by atoms with van der Waals surface area (Å²) in [6, 6.07) is 5.06. The lowest BCUT2D eigenvalue weighted by atomic mass is 10.3. The molecule has 0 radical (unpaired) electrons. The number of hydrogen-bond donors (Lipinski definition) is 2. The summed E-state index contributed by atoms with van der Waals surface area (Å²) in [4.78, 5) is 11.3. The van der Waals surface area contributed by atoms with Crippen molar-refractivity contribution in [2.24, 2.45) is 0 Å². The lowest BCUT2D eigenvalue weighted by molar-refractivity contribution is 0.242. The Morgan fingerprint density at radius 2 is 2.00 bits per heavy atom. The van der Waals surface area contributed by atoms with Gasteiger partial charge < -0.3 is 5.32 Å². The van der Waals surface area contributed by atoms with Crippen molar-refractivity contribution >= 4 is 27.7 Å². The Morgan fingerprint density at radius 1 is 1.39 bits per heavy atom. The highest BCUT2D eigenvalue weighted by Gasteiger charge is 2.20. The zero-order valence-corrected chi connectivity index (χ0v) is 11.7. The predicted molar refractivity (Wildman–Crippen MR) is 70.1 cm³/mol. The number of sulfonamides is 1. The molecule has 5 nitrogen and oxygen atoms in total. The topological polar surface area (TPSA) is 75.3 Å². The Labute approximate surface area is 112 Å². The first-order valence-electron chi connectivity index (χ1n) is 5.44. The van der Waals surface area contributed by atoms with Crippen LogP contribution in [0.15, 0.2) is 29.2 Å². The summed E-state index contributed by atoms with van der Waals surface area (Å²) >= 11 is 5.77. The summed E-state index contributed by atoms with van der Waals surface area (Å²) in [5, 5.41) is 2.57. The van der Waals surface area contributed by atoms with Crippen molar-refractivity contribution < 1.29 is 13.2 Å². The molecular weight excluding hydrogens is 276 g/mol. The monoisotopic (exact) mass is 290 g/mol. The third-order valence-electron chi connectivity index (χ3n) is 2.34. The van der Waals surface area contributed by atoms with E-state index in [1.54, 1.807) is 13.0 Å². The second kappa shape index (κ2) is 6.06. The van der Waals surface area contributed by atoms with Crippen molar-refractivity contribution in [3.05, 3.63) is 29.3 Å². The highest BCUT2D eigenvalue weighted by atomic mass is 35.5. The molecular formula is C11H15ClN2O3S. The molecule has 0 saturated heterocycles. The van der Waals surface area contributed by atoms with Crippen LogP contribution in [-0.4, -0.2) is 20.5 Å². The summed E-state index contributed by atoms with van der Waals surface area (Å²) in [7, 11) is -3.94. The van der Waals surface area contributed by atoms with Gasteiger partial charge in [-0.3, -0.25) is 0 Å². The maximum absolute atomic E-state index is 11.9. The SMILES string of the molecule is CC[C@H](C)NC(=O)NS(=O)(=O)c1ccccc1Cl. The molecule has 2 amide bonds. The van der Waals surface area contributed by atoms with Gasteiger partial charge in [-0.25, -0.2) is 17.9 Å². The van der Waals surface area contributed by atoms with E-state index in [1.807, 2.05) is 11.6 Å². The molecule has 0 fully saturated rings. The van der Waals surface area contributed by atoms with Crippen LogP contribution >= 0.6 is 11.6 Å². The van der Waals surface area contributed by atoms with Crippen LogP contribution in [0.5, 0.6) is 0 Å². The second-order valence-corrected chi connectivity index (χ2v) is 5.88. The van der Waals surface area contributed by atoms with Crippen LogP contribution in [0.4, 0.5) is 4.79 Å². The molecule has 2 N–H and O–H groups in total. The van der Waals surface area contributed by atoms with Gasteiger partial charge in [0.25, 0.3) is 10.0 Å². The van der Waals surface area contributed by atoms with E-state index in [0.717, 1.165) is 0 Å². The molecule has 0 bridgehead atoms. The maximum Gasteiger partial charge on any atom is 0.328 e. The molecule has 0 aromatic heterocycles. The summed E-state index contributed by atoms with van der Waals surface area (Å²) < 4.78 is 25.7. The van der Waals surface area contributed by atoms with Gasteiger partial charge in [-0.2, -0.15) is 0 Å². The van der Waals surface area contributed by atoms with Gasteiger partial charge in [0.15, 0.2) is 0 Å². The fourth-order valence-electron chi connectivity index (χ4n) is 1.20. The normalized spacial score (nSPS) is 12.8. The zero-order chi connectivity index (χ0) is 13.8. The molecule has 1 aromatic carbocycles. The van der Waals surface area contributed by atoms with Gasteiger partial charge in [-0.05, 0) is 25.5 Å². The van der Waals surface area contributed by atoms with E-state index in [4.69, 9.17) is 11.6 Å². The molecule has 0 saturated carbocycles. The van der Waals surface area contributed by atoms with E-state index in [9.17, 15) is 13.2 Å². The van der Waals surface area contributed by atoms with Crippen LogP contribution in [0.3, 0.4) is 0 Å². The van der Waals surface area contributed by atoms with E-state index >= 15 is 0 Å². The van der Waals surface area contributed by atoms with E-state index in [1.165, 1.54) is 18.2 Å². The number of halogens is 1. The number of benzene rings is 1. The number of rotatable bonds is 4. The molecule has 100 valence electrons. The molecule has 0 aliphatic carbocycles. The maximum atomic E-state index is 11.9. The lowest BCUT2D eigenvalue weighted by Gasteiger charge is -2.13. The first-order valence-corrected chi connectivity index (χ1v) is 7.30. The van der Waals surface area contributed by atoms with E-state index in [-0.39, 0.29) is 16.0 Å². The van der Waals surface area contributed by atoms with Gasteiger partial charge in [0.05, 0.1) is 5.02 Å². The molecule has 7 heteroatoms. The Morgan fingerprint density at radius 3 is 2.56 bits per heavy atom. The zero-order valence-electron chi connectivity index (χ0n) is 10.1. The third-order valence-corrected chi connectivity index (χ3v) is 4.17. The minimum absolute atomic E-state index is 0.0707. The number of hydrogen-bond acceptors (Lipinski definition) is 3. The molecule has 0 aliphatic heterocycles. The van der Waals surface area contributed by atoms with Crippen molar-refractivity contribution in [1.82, 2.24) is 10.0 Å². The lowest BCUT2D eigenvalue weighted by Crippen LogP contribution is -2.43. The Balaban J connectivity index is 2.84. The Hall–Kier alpha value is -1.27. The van der Waals surface area contributed by atoms with Crippen molar-refractivity contribution in [2.45, 2.75) is 31.2 Å². The summed E-state index contributed by atoms with van der Waals surface area (Å²) in [5.41, 5.74) is 0. The predicted octanol–water partition coefficient (Wildman–Crippen LogP) is 2.13. The minimum atomic E-state index is -3.94. The van der Waals surface area contributed by atoms with Crippen LogP contribution in [0.25, 0.3) is 0 Å². The van der Waals surface area contributed by atoms with Gasteiger partial charge in [0.2, 0.25) is 0 Å². The molecule has 0 aliphatic rings. The number of amides is 2. The van der Waals surface area contributed by atoms with Crippen molar-refractivity contribution in [2.75, 3.05) is 0 Å². The van der Waals surface area contributed by atoms with E-state index < -0.39 is 16.1 Å². The standard InChI is InChI=1S/C11H15ClN2O3S/c1-3-8(2)13-11(15)14-18(16,17)10-7-5-4-6-9(10)12/h4-8H,3H2,1-2H3,(H2,13,14,15)/t8-/m0/s1. The van der Waals surface area contributed by atoms with Crippen LogP contribution in [0.1, 0.15) is 20.3 Å². The molecule has 0 spiro atoms.